The molecule has 0 aliphatic carbocycles. The Balaban J connectivity index is 0.985. The maximum Gasteiger partial charge on any atom is 0.217 e. The highest BCUT2D eigenvalue weighted by molar-refractivity contribution is 5.74. The van der Waals surface area contributed by atoms with Gasteiger partial charge in [-0.1, -0.05) is 0 Å². The van der Waals surface area contributed by atoms with Gasteiger partial charge in [-0.05, 0) is 0 Å². The monoisotopic (exact) mass is 1960 g/mol. The highest BCUT2D eigenvalue weighted by atomic mass is 16.8. The summed E-state index contributed by atoms with van der Waals surface area (Å²) in [6.07, 6.45) is -111. The van der Waals surface area contributed by atoms with E-state index in [0.717, 1.165) is 27.7 Å². The van der Waals surface area contributed by atoms with Crippen LogP contribution in [0.4, 0.5) is 0 Å². The summed E-state index contributed by atoms with van der Waals surface area (Å²) in [6, 6.07) is -7.93. The SMILES string of the molecule is CC(=O)N[C@@H]1[C@@H](O)[C@H](O[C@@H]2O[C@H](CO)[C@@H](O[C@@H]3O[C@H](CO[C@H]4O[C@H](CO[C@H]5O[C@H](CO)[C@@H](O)[C@H](O)[C@@H]5O)[C@@H](O)[C@H](O[C@H]5O[C@H](CO)[C@@H](O)[C@H](O)[C@@H]5O)[C@@H]4O)[C@@H](O)[C@H](O[C@H]4O[C@H](CO)[C@@H](O[C@@H]5O[C@H](CO)[C@@H](O[C@@H]6O[C@H](CO)[C@H](O)[C@H](O)[C@H]6O)[C@H](O)[C@H]5NC(C)=O)[C@H](O)[C@@H]4O[C@@H]4O[C@H](CO)[C@@H](O[C@@H]5O[C@H](CO)[C@H](O)[C@H](O)[C@H]5O)[C@H](O)[C@H]4NC(C)=O)[C@@H]3O)[C@H](O)[C@H]2NC(C)=O)[C@@H](CO)O[C@H]1O. The van der Waals surface area contributed by atoms with Crippen molar-refractivity contribution in [3.05, 3.63) is 0 Å². The summed E-state index contributed by atoms with van der Waals surface area (Å²) in [6.45, 7) is -9.10. The van der Waals surface area contributed by atoms with E-state index >= 15 is 0 Å². The lowest BCUT2D eigenvalue weighted by atomic mass is 9.93. The van der Waals surface area contributed by atoms with Crippen molar-refractivity contribution in [1.29, 1.82) is 0 Å². The van der Waals surface area contributed by atoms with Crippen molar-refractivity contribution in [2.75, 3.05) is 72.7 Å². The molecule has 4 amide bonds. The molecule has 35 N–H and O–H groups in total. The lowest BCUT2D eigenvalue weighted by molar-refractivity contribution is -0.406. The number of rotatable bonds is 35. The molecule has 11 heterocycles. The molecule has 0 radical (unpaired) electrons. The molecular formula is C74H124N4O56. The van der Waals surface area contributed by atoms with Gasteiger partial charge in [0.05, 0.1) is 72.7 Å². The van der Waals surface area contributed by atoms with Gasteiger partial charge in [0.1, 0.15) is 268 Å². The summed E-state index contributed by atoms with van der Waals surface area (Å²) < 4.78 is 125. The molecule has 11 aliphatic rings. The van der Waals surface area contributed by atoms with E-state index in [1.54, 1.807) is 0 Å². The van der Waals surface area contributed by atoms with Crippen LogP contribution in [-0.4, -0.2) is 592 Å². The summed E-state index contributed by atoms with van der Waals surface area (Å²) in [5.74, 6) is -3.92. The van der Waals surface area contributed by atoms with Gasteiger partial charge >= 0.3 is 0 Å². The molecule has 0 spiro atoms. The van der Waals surface area contributed by atoms with Gasteiger partial charge in [-0.3, -0.25) is 19.2 Å². The molecule has 11 aliphatic heterocycles. The molecule has 0 saturated carbocycles. The molecule has 0 aromatic rings. The first-order valence-electron chi connectivity index (χ1n) is 42.7. The summed E-state index contributed by atoms with van der Waals surface area (Å²) in [5, 5.41) is 357. The number of aliphatic hydroxyl groups excluding tert-OH is 31. The van der Waals surface area contributed by atoms with Crippen LogP contribution >= 0.6 is 0 Å². The van der Waals surface area contributed by atoms with Crippen LogP contribution in [0.5, 0.6) is 0 Å². The molecule has 60 heteroatoms. The van der Waals surface area contributed by atoms with Crippen LogP contribution in [0.25, 0.3) is 0 Å². The largest absolute Gasteiger partial charge is 0.394 e. The molecule has 134 heavy (non-hydrogen) atoms. The average Bonchev–Trinajstić information content (AvgIpc) is 0.761. The van der Waals surface area contributed by atoms with E-state index in [1.807, 2.05) is 0 Å². The number of amides is 4. The third-order valence-electron chi connectivity index (χ3n) is 24.6. The van der Waals surface area contributed by atoms with Gasteiger partial charge in [0, 0.05) is 27.7 Å². The Morgan fingerprint density at radius 3 is 0.724 bits per heavy atom. The minimum absolute atomic E-state index is 0.830. The Kier molecular flexibility index (Phi) is 39.7. The molecular weight excluding hydrogens is 1840 g/mol. The lowest BCUT2D eigenvalue weighted by Gasteiger charge is -2.52. The number of aliphatic hydroxyl groups is 31. The highest BCUT2D eigenvalue weighted by Crippen LogP contribution is 2.42. The third-order valence-corrected chi connectivity index (χ3v) is 24.6. The van der Waals surface area contributed by atoms with Crippen LogP contribution in [0, 0.1) is 0 Å². The summed E-state index contributed by atoms with van der Waals surface area (Å²) in [7, 11) is 0. The topological polar surface area (TPSA) is 937 Å². The number of hydrogen-bond acceptors (Lipinski definition) is 56. The zero-order valence-electron chi connectivity index (χ0n) is 71.6. The van der Waals surface area contributed by atoms with Crippen molar-refractivity contribution >= 4 is 23.6 Å². The van der Waals surface area contributed by atoms with Crippen molar-refractivity contribution < 1.29 is 277 Å². The van der Waals surface area contributed by atoms with Gasteiger partial charge in [0.25, 0.3) is 0 Å². The molecule has 11 fully saturated rings. The van der Waals surface area contributed by atoms with Gasteiger partial charge in [0.15, 0.2) is 69.2 Å². The first-order chi connectivity index (χ1) is 63.4. The standard InChI is InChI=1S/C74H124N4O56/c1-16(88)75-31-41(98)56(24(9-83)116-64(31)113)127-65-32(76-17(2)89)43(100)59(27(12-86)121-65)131-73-55(112)62(40(97)30(126-73)15-115-69-54(111)61(132-72-52(109)48(105)38(95)23(8-82)120-72)39(96)29(125-69)14-114-68-49(106)45(102)35(92)20(5-79)117-68)133-74-63(134-67-34(78-19(4)91)44(101)58(26(11-85)123-67)130-71-51(108)47(104)37(94)22(7-81)119-71)53(110)60(28(13-87)124-74)128-66-33(77-18(3)90)42(99)57(25(10-84)122-66)129-70-50(107)46(103)36(93)21(6-80)118-70/h20-74,79-87,92-113H,5-15H2,1-4H3,(H,75,88)(H,76,89)(H,77,90)(H,78,91)/t20-,21-,22-,23-,24-,25-,26-,27-,28-,29-,30-,31-,32-,33-,34-,35-,36+,37+,38-,39-,40-,41-,42-,43-,44-,45+,46+,47+,48+,49+,50-,51-,52+,53+,54+,55+,56-,57-,58-,59-,60-,61+,62+,63+,64-,65+,66+,67+,68+,69+,70+,71+,72-,73+,74-/m1/s1. The van der Waals surface area contributed by atoms with Crippen LogP contribution in [-0.2, 0) is 119 Å². The number of nitrogens with one attached hydrogen (secondary N) is 4. The summed E-state index contributed by atoms with van der Waals surface area (Å²) in [4.78, 5) is 52.1. The van der Waals surface area contributed by atoms with E-state index in [0.29, 0.717) is 0 Å². The third kappa shape index (κ3) is 24.1. The zero-order chi connectivity index (χ0) is 98.5. The van der Waals surface area contributed by atoms with E-state index < -0.39 is 434 Å². The Hall–Kier alpha value is -4.20. The quantitative estimate of drug-likeness (QED) is 0.0280. The molecule has 11 rings (SSSR count). The van der Waals surface area contributed by atoms with Crippen molar-refractivity contribution in [2.24, 2.45) is 0 Å². The van der Waals surface area contributed by atoms with Gasteiger partial charge in [-0.2, -0.15) is 0 Å². The average molecular weight is 1970 g/mol. The van der Waals surface area contributed by atoms with Crippen LogP contribution < -0.4 is 21.3 Å². The Bertz CT molecular complexity index is 3650. The molecule has 55 atom stereocenters. The van der Waals surface area contributed by atoms with Crippen LogP contribution in [0.1, 0.15) is 27.7 Å². The first kappa shape index (κ1) is 110. The summed E-state index contributed by atoms with van der Waals surface area (Å²) >= 11 is 0. The fourth-order valence-corrected chi connectivity index (χ4v) is 17.3. The number of carbonyl (C=O) groups is 4. The van der Waals surface area contributed by atoms with Crippen LogP contribution in [0.2, 0.25) is 0 Å². The maximum atomic E-state index is 13.4. The molecule has 776 valence electrons. The van der Waals surface area contributed by atoms with E-state index in [1.165, 1.54) is 0 Å². The van der Waals surface area contributed by atoms with Crippen LogP contribution in [0.15, 0.2) is 0 Å². The molecule has 0 unspecified atom stereocenters. The van der Waals surface area contributed by atoms with Crippen molar-refractivity contribution in [2.45, 2.75) is 365 Å². The predicted octanol–water partition coefficient (Wildman–Crippen LogP) is -24.4. The fraction of sp³-hybridized carbons (Fsp3) is 0.946. The van der Waals surface area contributed by atoms with Crippen molar-refractivity contribution in [3.8, 4) is 0 Å². The van der Waals surface area contributed by atoms with E-state index in [-0.39, 0.29) is 0 Å². The molecule has 60 nitrogen and oxygen atoms in total. The Labute approximate surface area is 757 Å². The second-order valence-corrected chi connectivity index (χ2v) is 33.8. The second kappa shape index (κ2) is 48.3. The normalized spacial score (nSPS) is 49.8. The van der Waals surface area contributed by atoms with E-state index in [9.17, 15) is 177 Å². The second-order valence-electron chi connectivity index (χ2n) is 33.8. The fourth-order valence-electron chi connectivity index (χ4n) is 17.3. The number of carbonyl (C=O) groups excluding carboxylic acids is 4. The minimum atomic E-state index is -2.75. The molecule has 11 saturated heterocycles. The van der Waals surface area contributed by atoms with Crippen LogP contribution in [0.3, 0.4) is 0 Å². The van der Waals surface area contributed by atoms with E-state index in [2.05, 4.69) is 21.3 Å². The Morgan fingerprint density at radius 2 is 0.403 bits per heavy atom. The number of hydrogen-bond donors (Lipinski definition) is 35. The van der Waals surface area contributed by atoms with Gasteiger partial charge in [0.2, 0.25) is 23.6 Å². The lowest BCUT2D eigenvalue weighted by Crippen LogP contribution is -2.71. The Morgan fingerprint density at radius 1 is 0.194 bits per heavy atom. The molecule has 0 aromatic carbocycles. The predicted molar refractivity (Wildman–Crippen MR) is 409 cm³/mol. The number of ether oxygens (including phenoxy) is 21. The molecule has 0 bridgehead atoms. The summed E-state index contributed by atoms with van der Waals surface area (Å²) in [5.41, 5.74) is 0. The minimum Gasteiger partial charge on any atom is -0.394 e. The highest BCUT2D eigenvalue weighted by Gasteiger charge is 2.63. The smallest absolute Gasteiger partial charge is 0.217 e. The maximum absolute atomic E-state index is 13.4. The molecule has 0 aromatic heterocycles. The van der Waals surface area contributed by atoms with Gasteiger partial charge in [-0.15, -0.1) is 0 Å². The van der Waals surface area contributed by atoms with Crippen molar-refractivity contribution in [3.63, 3.8) is 0 Å². The van der Waals surface area contributed by atoms with Crippen molar-refractivity contribution in [1.82, 2.24) is 21.3 Å². The van der Waals surface area contributed by atoms with Gasteiger partial charge in [-0.25, -0.2) is 0 Å². The first-order valence-corrected chi connectivity index (χ1v) is 42.7. The van der Waals surface area contributed by atoms with Gasteiger partial charge < -0.3 is 279 Å². The van der Waals surface area contributed by atoms with E-state index in [4.69, 9.17) is 99.5 Å². The zero-order valence-corrected chi connectivity index (χ0v) is 71.6.